The van der Waals surface area contributed by atoms with Crippen LogP contribution < -0.4 is 19.9 Å². The molecular weight excluding hydrogens is 238 g/mol. The second kappa shape index (κ2) is 5.14. The summed E-state index contributed by atoms with van der Waals surface area (Å²) >= 11 is 0. The van der Waals surface area contributed by atoms with Crippen molar-refractivity contribution in [3.05, 3.63) is 17.7 Å². The van der Waals surface area contributed by atoms with Crippen LogP contribution in [0.3, 0.4) is 0 Å². The Morgan fingerprint density at radius 1 is 1.11 bits per heavy atom. The first kappa shape index (κ1) is 14.1. The highest BCUT2D eigenvalue weighted by atomic mass is 16.5. The van der Waals surface area contributed by atoms with Crippen molar-refractivity contribution >= 4 is 5.97 Å². The third-order valence-electron chi connectivity index (χ3n) is 2.71. The van der Waals surface area contributed by atoms with Crippen molar-refractivity contribution in [2.75, 3.05) is 21.3 Å². The molecule has 0 aliphatic heterocycles. The summed E-state index contributed by atoms with van der Waals surface area (Å²) < 4.78 is 15.4. The van der Waals surface area contributed by atoms with E-state index in [2.05, 4.69) is 0 Å². The highest BCUT2D eigenvalue weighted by Crippen LogP contribution is 2.38. The van der Waals surface area contributed by atoms with Gasteiger partial charge in [-0.05, 0) is 13.0 Å². The van der Waals surface area contributed by atoms with E-state index in [9.17, 15) is 4.79 Å². The minimum atomic E-state index is -1.58. The van der Waals surface area contributed by atoms with Gasteiger partial charge in [0.05, 0.1) is 21.3 Å². The average Bonchev–Trinajstić information content (AvgIpc) is 2.36. The van der Waals surface area contributed by atoms with Crippen LogP contribution in [0, 0.1) is 0 Å². The minimum Gasteiger partial charge on any atom is -0.496 e. The van der Waals surface area contributed by atoms with E-state index in [1.54, 1.807) is 6.07 Å². The Labute approximate surface area is 105 Å². The third kappa shape index (κ3) is 2.33. The zero-order chi connectivity index (χ0) is 13.9. The summed E-state index contributed by atoms with van der Waals surface area (Å²) in [5.41, 5.74) is 4.53. The molecule has 6 heteroatoms. The Bertz CT molecular complexity index is 456. The van der Waals surface area contributed by atoms with Crippen molar-refractivity contribution in [1.82, 2.24) is 0 Å². The fourth-order valence-electron chi connectivity index (χ4n) is 1.55. The molecular formula is C12H17NO5. The largest absolute Gasteiger partial charge is 0.496 e. The molecule has 18 heavy (non-hydrogen) atoms. The maximum atomic E-state index is 11.2. The molecule has 0 spiro atoms. The minimum absolute atomic E-state index is 0.315. The lowest BCUT2D eigenvalue weighted by atomic mass is 9.92. The van der Waals surface area contributed by atoms with Crippen LogP contribution in [-0.4, -0.2) is 32.4 Å². The second-order valence-corrected chi connectivity index (χ2v) is 3.91. The summed E-state index contributed by atoms with van der Waals surface area (Å²) in [6, 6.07) is 3.05. The molecule has 0 radical (unpaired) electrons. The van der Waals surface area contributed by atoms with Crippen molar-refractivity contribution in [3.8, 4) is 17.2 Å². The van der Waals surface area contributed by atoms with E-state index in [-0.39, 0.29) is 0 Å². The number of hydrogen-bond acceptors (Lipinski definition) is 5. The zero-order valence-electron chi connectivity index (χ0n) is 10.8. The summed E-state index contributed by atoms with van der Waals surface area (Å²) in [5.74, 6) is 0.0126. The number of ether oxygens (including phenoxy) is 3. The molecule has 0 aromatic heterocycles. The molecule has 6 nitrogen and oxygen atoms in total. The zero-order valence-corrected chi connectivity index (χ0v) is 10.8. The summed E-state index contributed by atoms with van der Waals surface area (Å²) in [6.07, 6.45) is 0. The van der Waals surface area contributed by atoms with Crippen LogP contribution in [0.2, 0.25) is 0 Å². The molecule has 0 aliphatic rings. The molecule has 0 aliphatic carbocycles. The van der Waals surface area contributed by atoms with Gasteiger partial charge in [-0.25, -0.2) is 4.79 Å². The van der Waals surface area contributed by atoms with Crippen LogP contribution in [0.4, 0.5) is 0 Å². The van der Waals surface area contributed by atoms with Gasteiger partial charge in [-0.15, -0.1) is 0 Å². The number of hydrogen-bond donors (Lipinski definition) is 2. The van der Waals surface area contributed by atoms with Crippen LogP contribution in [-0.2, 0) is 10.3 Å². The normalized spacial score (nSPS) is 13.6. The second-order valence-electron chi connectivity index (χ2n) is 3.91. The Morgan fingerprint density at radius 2 is 1.56 bits per heavy atom. The molecule has 1 aromatic carbocycles. The van der Waals surface area contributed by atoms with E-state index in [0.29, 0.717) is 22.8 Å². The lowest BCUT2D eigenvalue weighted by Gasteiger charge is -2.23. The van der Waals surface area contributed by atoms with Crippen molar-refractivity contribution < 1.29 is 24.1 Å². The molecule has 0 heterocycles. The molecule has 100 valence electrons. The number of aliphatic carboxylic acids is 1. The Morgan fingerprint density at radius 3 is 1.94 bits per heavy atom. The molecule has 0 saturated carbocycles. The van der Waals surface area contributed by atoms with E-state index < -0.39 is 11.5 Å². The smallest absolute Gasteiger partial charge is 0.328 e. The predicted octanol–water partition coefficient (Wildman–Crippen LogP) is 0.971. The number of nitrogens with two attached hydrogens (primary N) is 1. The molecule has 0 fully saturated rings. The van der Waals surface area contributed by atoms with Crippen LogP contribution in [0.1, 0.15) is 12.5 Å². The number of carbonyl (C=O) groups is 1. The molecule has 1 unspecified atom stereocenters. The number of methoxy groups -OCH3 is 3. The van der Waals surface area contributed by atoms with Gasteiger partial charge < -0.3 is 25.1 Å². The van der Waals surface area contributed by atoms with Gasteiger partial charge in [0, 0.05) is 11.6 Å². The van der Waals surface area contributed by atoms with E-state index in [1.807, 2.05) is 0 Å². The van der Waals surface area contributed by atoms with Gasteiger partial charge in [0.1, 0.15) is 11.3 Å². The summed E-state index contributed by atoms with van der Waals surface area (Å²) in [6.45, 7) is 1.39. The lowest BCUT2D eigenvalue weighted by Crippen LogP contribution is -2.42. The molecule has 1 atom stereocenters. The predicted molar refractivity (Wildman–Crippen MR) is 65.3 cm³/mol. The third-order valence-corrected chi connectivity index (χ3v) is 2.71. The number of rotatable bonds is 5. The Balaban J connectivity index is 3.48. The van der Waals surface area contributed by atoms with E-state index in [4.69, 9.17) is 25.1 Å². The van der Waals surface area contributed by atoms with Gasteiger partial charge in [0.15, 0.2) is 11.5 Å². The monoisotopic (exact) mass is 255 g/mol. The van der Waals surface area contributed by atoms with Gasteiger partial charge >= 0.3 is 5.97 Å². The Hall–Kier alpha value is -1.95. The highest BCUT2D eigenvalue weighted by Gasteiger charge is 2.34. The van der Waals surface area contributed by atoms with Gasteiger partial charge in [-0.1, -0.05) is 0 Å². The van der Waals surface area contributed by atoms with Crippen molar-refractivity contribution in [2.24, 2.45) is 5.73 Å². The van der Waals surface area contributed by atoms with Gasteiger partial charge in [-0.2, -0.15) is 0 Å². The SMILES string of the molecule is COc1cc(OC)c(C(C)(N)C(=O)O)cc1OC. The summed E-state index contributed by atoms with van der Waals surface area (Å²) in [5, 5.41) is 9.15. The molecule has 1 aromatic rings. The quantitative estimate of drug-likeness (QED) is 0.814. The molecule has 3 N–H and O–H groups in total. The summed E-state index contributed by atoms with van der Waals surface area (Å²) in [4.78, 5) is 11.2. The first-order valence-electron chi connectivity index (χ1n) is 5.21. The Kier molecular flexibility index (Phi) is 4.03. The van der Waals surface area contributed by atoms with Gasteiger partial charge in [0.2, 0.25) is 0 Å². The van der Waals surface area contributed by atoms with Crippen molar-refractivity contribution in [1.29, 1.82) is 0 Å². The highest BCUT2D eigenvalue weighted by molar-refractivity contribution is 5.81. The van der Waals surface area contributed by atoms with E-state index in [1.165, 1.54) is 34.3 Å². The summed E-state index contributed by atoms with van der Waals surface area (Å²) in [7, 11) is 4.38. The number of carboxylic acid groups (broad SMARTS) is 1. The van der Waals surface area contributed by atoms with Gasteiger partial charge in [0.25, 0.3) is 0 Å². The fourth-order valence-corrected chi connectivity index (χ4v) is 1.55. The van der Waals surface area contributed by atoms with E-state index >= 15 is 0 Å². The van der Waals surface area contributed by atoms with Crippen LogP contribution in [0.5, 0.6) is 17.2 Å². The standard InChI is InChI=1S/C12H17NO5/c1-12(13,11(14)15)7-5-9(17-3)10(18-4)6-8(7)16-2/h5-6H,13H2,1-4H3,(H,14,15). The average molecular weight is 255 g/mol. The van der Waals surface area contributed by atoms with Crippen LogP contribution >= 0.6 is 0 Å². The molecule has 0 amide bonds. The lowest BCUT2D eigenvalue weighted by molar-refractivity contribution is -0.143. The van der Waals surface area contributed by atoms with Crippen molar-refractivity contribution in [3.63, 3.8) is 0 Å². The number of carboxylic acids is 1. The fraction of sp³-hybridized carbons (Fsp3) is 0.417. The topological polar surface area (TPSA) is 91.0 Å². The molecule has 1 rings (SSSR count). The van der Waals surface area contributed by atoms with E-state index in [0.717, 1.165) is 0 Å². The first-order valence-corrected chi connectivity index (χ1v) is 5.21. The van der Waals surface area contributed by atoms with Gasteiger partial charge in [-0.3, -0.25) is 0 Å². The first-order chi connectivity index (χ1) is 8.38. The molecule has 0 bridgehead atoms. The number of benzene rings is 1. The molecule has 0 saturated heterocycles. The van der Waals surface area contributed by atoms with Crippen LogP contribution in [0.15, 0.2) is 12.1 Å². The maximum absolute atomic E-state index is 11.2. The van der Waals surface area contributed by atoms with Crippen LogP contribution in [0.25, 0.3) is 0 Å². The van der Waals surface area contributed by atoms with Crippen molar-refractivity contribution in [2.45, 2.75) is 12.5 Å². The maximum Gasteiger partial charge on any atom is 0.328 e.